The minimum absolute atomic E-state index is 0.109. The number of hydrogen-bond acceptors (Lipinski definition) is 4. The third-order valence-electron chi connectivity index (χ3n) is 3.13. The highest BCUT2D eigenvalue weighted by atomic mass is 16.3. The Hall–Kier alpha value is -1.62. The SMILES string of the molecule is Cc1ccoc1CNC1CCC(=O)N(C)C1=O. The van der Waals surface area contributed by atoms with Crippen molar-refractivity contribution in [1.29, 1.82) is 0 Å². The summed E-state index contributed by atoms with van der Waals surface area (Å²) in [6.07, 6.45) is 2.60. The van der Waals surface area contributed by atoms with Gasteiger partial charge in [0.05, 0.1) is 18.8 Å². The number of piperidine rings is 1. The van der Waals surface area contributed by atoms with Gasteiger partial charge in [0.15, 0.2) is 0 Å². The highest BCUT2D eigenvalue weighted by Gasteiger charge is 2.31. The summed E-state index contributed by atoms with van der Waals surface area (Å²) >= 11 is 0. The lowest BCUT2D eigenvalue weighted by Crippen LogP contribution is -2.51. The van der Waals surface area contributed by atoms with Crippen molar-refractivity contribution in [3.63, 3.8) is 0 Å². The predicted molar refractivity (Wildman–Crippen MR) is 61.1 cm³/mol. The molecule has 0 saturated carbocycles. The fourth-order valence-corrected chi connectivity index (χ4v) is 1.91. The highest BCUT2D eigenvalue weighted by molar-refractivity contribution is 6.00. The molecule has 1 aromatic heterocycles. The average Bonchev–Trinajstić information content (AvgIpc) is 2.71. The van der Waals surface area contributed by atoms with E-state index < -0.39 is 0 Å². The molecule has 1 atom stereocenters. The van der Waals surface area contributed by atoms with E-state index in [4.69, 9.17) is 4.42 Å². The molecule has 2 heterocycles. The van der Waals surface area contributed by atoms with Crippen molar-refractivity contribution in [3.05, 3.63) is 23.7 Å². The van der Waals surface area contributed by atoms with E-state index in [1.165, 1.54) is 11.9 Å². The Morgan fingerprint density at radius 1 is 1.53 bits per heavy atom. The molecule has 5 heteroatoms. The van der Waals surface area contributed by atoms with Crippen LogP contribution >= 0.6 is 0 Å². The lowest BCUT2D eigenvalue weighted by molar-refractivity contribution is -0.148. The van der Waals surface area contributed by atoms with E-state index in [0.717, 1.165) is 11.3 Å². The van der Waals surface area contributed by atoms with Crippen LogP contribution in [0.2, 0.25) is 0 Å². The normalized spacial score (nSPS) is 21.1. The number of rotatable bonds is 3. The Morgan fingerprint density at radius 2 is 2.29 bits per heavy atom. The number of carbonyl (C=O) groups is 2. The smallest absolute Gasteiger partial charge is 0.246 e. The van der Waals surface area contributed by atoms with Gasteiger partial charge >= 0.3 is 0 Å². The summed E-state index contributed by atoms with van der Waals surface area (Å²) in [4.78, 5) is 24.3. The van der Waals surface area contributed by atoms with Gasteiger partial charge < -0.3 is 4.42 Å². The molecule has 1 aliphatic heterocycles. The number of furan rings is 1. The van der Waals surface area contributed by atoms with Crippen LogP contribution < -0.4 is 5.32 Å². The molecule has 0 bridgehead atoms. The van der Waals surface area contributed by atoms with E-state index in [2.05, 4.69) is 5.32 Å². The number of aryl methyl sites for hydroxylation is 1. The summed E-state index contributed by atoms with van der Waals surface area (Å²) in [5, 5.41) is 3.13. The number of nitrogens with zero attached hydrogens (tertiary/aromatic N) is 1. The molecular formula is C12H16N2O3. The molecule has 1 fully saturated rings. The van der Waals surface area contributed by atoms with Crippen molar-refractivity contribution >= 4 is 11.8 Å². The van der Waals surface area contributed by atoms with Gasteiger partial charge in [-0.15, -0.1) is 0 Å². The maximum absolute atomic E-state index is 11.8. The van der Waals surface area contributed by atoms with Crippen LogP contribution in [0.1, 0.15) is 24.2 Å². The monoisotopic (exact) mass is 236 g/mol. The number of carbonyl (C=O) groups excluding carboxylic acids is 2. The lowest BCUT2D eigenvalue weighted by Gasteiger charge is -2.28. The van der Waals surface area contributed by atoms with E-state index in [1.807, 2.05) is 13.0 Å². The Kier molecular flexibility index (Phi) is 3.28. The topological polar surface area (TPSA) is 62.6 Å². The van der Waals surface area contributed by atoms with Crippen LogP contribution in [0.3, 0.4) is 0 Å². The Bertz CT molecular complexity index is 439. The van der Waals surface area contributed by atoms with Gasteiger partial charge in [0.25, 0.3) is 0 Å². The van der Waals surface area contributed by atoms with Gasteiger partial charge in [0.2, 0.25) is 11.8 Å². The molecule has 1 N–H and O–H groups in total. The van der Waals surface area contributed by atoms with Gasteiger partial charge in [0.1, 0.15) is 5.76 Å². The van der Waals surface area contributed by atoms with E-state index in [9.17, 15) is 9.59 Å². The fraction of sp³-hybridized carbons (Fsp3) is 0.500. The van der Waals surface area contributed by atoms with Crippen molar-refractivity contribution in [2.45, 2.75) is 32.4 Å². The third kappa shape index (κ3) is 2.39. The number of amides is 2. The predicted octanol–water partition coefficient (Wildman–Crippen LogP) is 0.825. The second-order valence-corrected chi connectivity index (χ2v) is 4.29. The van der Waals surface area contributed by atoms with Gasteiger partial charge in [0, 0.05) is 13.5 Å². The first kappa shape index (κ1) is 11.9. The second kappa shape index (κ2) is 4.71. The zero-order valence-electron chi connectivity index (χ0n) is 10.0. The van der Waals surface area contributed by atoms with E-state index >= 15 is 0 Å². The maximum Gasteiger partial charge on any atom is 0.246 e. The standard InChI is InChI=1S/C12H16N2O3/c1-8-5-6-17-10(8)7-13-9-3-4-11(15)14(2)12(9)16/h5-6,9,13H,3-4,7H2,1-2H3. The first-order valence-electron chi connectivity index (χ1n) is 5.66. The molecule has 1 saturated heterocycles. The minimum Gasteiger partial charge on any atom is -0.468 e. The summed E-state index contributed by atoms with van der Waals surface area (Å²) in [5.74, 6) is 0.560. The van der Waals surface area contributed by atoms with Crippen LogP contribution in [0.5, 0.6) is 0 Å². The van der Waals surface area contributed by atoms with Crippen molar-refractivity contribution in [2.24, 2.45) is 0 Å². The largest absolute Gasteiger partial charge is 0.468 e. The van der Waals surface area contributed by atoms with Crippen LogP contribution in [-0.2, 0) is 16.1 Å². The molecule has 0 radical (unpaired) electrons. The Labute approximate surface area is 99.8 Å². The number of nitrogens with one attached hydrogen (secondary N) is 1. The van der Waals surface area contributed by atoms with Crippen LogP contribution in [-0.4, -0.2) is 29.8 Å². The molecule has 2 amide bonds. The van der Waals surface area contributed by atoms with Crippen molar-refractivity contribution in [1.82, 2.24) is 10.2 Å². The van der Waals surface area contributed by atoms with Gasteiger partial charge in [-0.25, -0.2) is 0 Å². The summed E-state index contributed by atoms with van der Waals surface area (Å²) in [7, 11) is 1.52. The third-order valence-corrected chi connectivity index (χ3v) is 3.13. The first-order valence-corrected chi connectivity index (χ1v) is 5.66. The van der Waals surface area contributed by atoms with Gasteiger partial charge in [-0.3, -0.25) is 19.8 Å². The number of likely N-dealkylation sites (N-methyl/N-ethyl adjacent to an activating group) is 1. The van der Waals surface area contributed by atoms with Gasteiger partial charge in [-0.2, -0.15) is 0 Å². The molecule has 5 nitrogen and oxygen atoms in total. The van der Waals surface area contributed by atoms with Crippen molar-refractivity contribution < 1.29 is 14.0 Å². The molecule has 17 heavy (non-hydrogen) atoms. The van der Waals surface area contributed by atoms with Crippen LogP contribution in [0.4, 0.5) is 0 Å². The summed E-state index contributed by atoms with van der Waals surface area (Å²) in [5.41, 5.74) is 1.06. The summed E-state index contributed by atoms with van der Waals surface area (Å²) < 4.78 is 5.28. The molecule has 0 spiro atoms. The highest BCUT2D eigenvalue weighted by Crippen LogP contribution is 2.13. The van der Waals surface area contributed by atoms with Crippen molar-refractivity contribution in [2.75, 3.05) is 7.05 Å². The second-order valence-electron chi connectivity index (χ2n) is 4.29. The lowest BCUT2D eigenvalue weighted by atomic mass is 10.0. The quantitative estimate of drug-likeness (QED) is 0.789. The number of imide groups is 1. The van der Waals surface area contributed by atoms with Crippen LogP contribution in [0.15, 0.2) is 16.7 Å². The van der Waals surface area contributed by atoms with Crippen molar-refractivity contribution in [3.8, 4) is 0 Å². The molecule has 0 aliphatic carbocycles. The zero-order valence-corrected chi connectivity index (χ0v) is 10.0. The number of hydrogen-bond donors (Lipinski definition) is 1. The van der Waals surface area contributed by atoms with Crippen LogP contribution in [0.25, 0.3) is 0 Å². The Morgan fingerprint density at radius 3 is 2.94 bits per heavy atom. The van der Waals surface area contributed by atoms with E-state index in [0.29, 0.717) is 19.4 Å². The van der Waals surface area contributed by atoms with E-state index in [-0.39, 0.29) is 17.9 Å². The summed E-state index contributed by atoms with van der Waals surface area (Å²) in [6.45, 7) is 2.47. The zero-order chi connectivity index (χ0) is 12.4. The van der Waals surface area contributed by atoms with E-state index in [1.54, 1.807) is 6.26 Å². The average molecular weight is 236 g/mol. The Balaban J connectivity index is 1.94. The molecule has 1 unspecified atom stereocenters. The molecule has 1 aromatic rings. The fourth-order valence-electron chi connectivity index (χ4n) is 1.91. The van der Waals surface area contributed by atoms with Gasteiger partial charge in [-0.05, 0) is 25.0 Å². The molecular weight excluding hydrogens is 220 g/mol. The summed E-state index contributed by atoms with van der Waals surface area (Å²) in [6, 6.07) is 1.59. The maximum atomic E-state index is 11.8. The van der Waals surface area contributed by atoms with Crippen LogP contribution in [0, 0.1) is 6.92 Å². The minimum atomic E-state index is -0.290. The molecule has 1 aliphatic rings. The molecule has 92 valence electrons. The first-order chi connectivity index (χ1) is 8.09. The molecule has 2 rings (SSSR count). The molecule has 0 aromatic carbocycles. The number of likely N-dealkylation sites (tertiary alicyclic amines) is 1. The van der Waals surface area contributed by atoms with Gasteiger partial charge in [-0.1, -0.05) is 0 Å².